The Morgan fingerprint density at radius 3 is 2.89 bits per heavy atom. The van der Waals surface area contributed by atoms with Crippen molar-refractivity contribution in [1.29, 1.82) is 0 Å². The molecule has 2 aromatic heterocycles. The third kappa shape index (κ3) is 3.31. The number of anilines is 2. The number of nitrogens with one attached hydrogen (secondary N) is 2. The van der Waals surface area contributed by atoms with Crippen LogP contribution in [0.5, 0.6) is 0 Å². The molecule has 0 amide bonds. The molecular weight excluding hydrogens is 254 g/mol. The van der Waals surface area contributed by atoms with Gasteiger partial charge in [0, 0.05) is 19.0 Å². The Labute approximate surface area is 108 Å². The van der Waals surface area contributed by atoms with Crippen LogP contribution in [-0.4, -0.2) is 32.9 Å². The Bertz CT molecular complexity index is 467. The summed E-state index contributed by atoms with van der Waals surface area (Å²) in [6.07, 6.45) is 3.91. The Hall–Kier alpha value is -1.87. The van der Waals surface area contributed by atoms with E-state index in [4.69, 9.17) is 10.4 Å². The van der Waals surface area contributed by atoms with Crippen molar-refractivity contribution in [1.82, 2.24) is 20.1 Å². The van der Waals surface area contributed by atoms with E-state index < -0.39 is 0 Å². The molecule has 96 valence electrons. The minimum absolute atomic E-state index is 0.564. The average molecular weight is 267 g/mol. The highest BCUT2D eigenvalue weighted by molar-refractivity contribution is 7.98. The van der Waals surface area contributed by atoms with Gasteiger partial charge in [-0.15, -0.1) is 0 Å². The highest BCUT2D eigenvalue weighted by Crippen LogP contribution is 2.16. The first-order valence-electron chi connectivity index (χ1n) is 5.21. The third-order valence-electron chi connectivity index (χ3n) is 2.09. The Balaban J connectivity index is 1.95. The quantitative estimate of drug-likeness (QED) is 0.298. The molecule has 0 aromatic carbocycles. The maximum atomic E-state index is 5.34. The summed E-state index contributed by atoms with van der Waals surface area (Å²) >= 11 is 1.45. The van der Waals surface area contributed by atoms with Gasteiger partial charge in [-0.05, 0) is 6.26 Å². The number of hydrogen-bond acceptors (Lipinski definition) is 9. The van der Waals surface area contributed by atoms with Gasteiger partial charge < -0.3 is 15.3 Å². The lowest BCUT2D eigenvalue weighted by atomic mass is 10.4. The lowest BCUT2D eigenvalue weighted by Crippen LogP contribution is -2.12. The molecule has 9 heteroatoms. The SMILES string of the molecule is CSc1nc(NN)cc(NCCc2ncno2)n1. The summed E-state index contributed by atoms with van der Waals surface area (Å²) in [6, 6.07) is 1.73. The highest BCUT2D eigenvalue weighted by atomic mass is 32.2. The molecule has 2 aromatic rings. The van der Waals surface area contributed by atoms with Gasteiger partial charge in [0.2, 0.25) is 5.89 Å². The molecule has 2 rings (SSSR count). The van der Waals surface area contributed by atoms with Crippen LogP contribution in [-0.2, 0) is 6.42 Å². The first-order valence-corrected chi connectivity index (χ1v) is 6.43. The molecular formula is C9H13N7OS. The van der Waals surface area contributed by atoms with Gasteiger partial charge in [-0.1, -0.05) is 16.9 Å². The van der Waals surface area contributed by atoms with Crippen LogP contribution in [0.3, 0.4) is 0 Å². The molecule has 0 radical (unpaired) electrons. The fraction of sp³-hybridized carbons (Fsp3) is 0.333. The van der Waals surface area contributed by atoms with E-state index in [1.165, 1.54) is 18.1 Å². The normalized spacial score (nSPS) is 10.3. The van der Waals surface area contributed by atoms with Crippen LogP contribution >= 0.6 is 11.8 Å². The first kappa shape index (κ1) is 12.6. The van der Waals surface area contributed by atoms with Gasteiger partial charge in [0.25, 0.3) is 0 Å². The lowest BCUT2D eigenvalue weighted by molar-refractivity contribution is 0.379. The molecule has 0 aliphatic carbocycles. The molecule has 2 heterocycles. The maximum Gasteiger partial charge on any atom is 0.228 e. The van der Waals surface area contributed by atoms with Gasteiger partial charge in [-0.2, -0.15) is 4.98 Å². The van der Waals surface area contributed by atoms with Crippen LogP contribution in [0.25, 0.3) is 0 Å². The fourth-order valence-electron chi connectivity index (χ4n) is 1.28. The van der Waals surface area contributed by atoms with Gasteiger partial charge in [-0.25, -0.2) is 15.8 Å². The molecule has 0 bridgehead atoms. The average Bonchev–Trinajstić information content (AvgIpc) is 2.91. The second-order valence-electron chi connectivity index (χ2n) is 3.28. The minimum atomic E-state index is 0.564. The second-order valence-corrected chi connectivity index (χ2v) is 4.05. The summed E-state index contributed by atoms with van der Waals surface area (Å²) in [5.74, 6) is 7.18. The smallest absolute Gasteiger partial charge is 0.228 e. The highest BCUT2D eigenvalue weighted by Gasteiger charge is 2.04. The van der Waals surface area contributed by atoms with Gasteiger partial charge in [0.05, 0.1) is 0 Å². The van der Waals surface area contributed by atoms with Crippen LogP contribution in [0.4, 0.5) is 11.6 Å². The Morgan fingerprint density at radius 2 is 2.22 bits per heavy atom. The molecule has 0 aliphatic rings. The molecule has 0 aliphatic heterocycles. The van der Waals surface area contributed by atoms with Crippen molar-refractivity contribution in [2.24, 2.45) is 5.84 Å². The van der Waals surface area contributed by atoms with Crippen molar-refractivity contribution in [2.75, 3.05) is 23.5 Å². The lowest BCUT2D eigenvalue weighted by Gasteiger charge is -2.07. The number of nitrogens with zero attached hydrogens (tertiary/aromatic N) is 4. The van der Waals surface area contributed by atoms with Crippen LogP contribution in [0, 0.1) is 0 Å². The summed E-state index contributed by atoms with van der Waals surface area (Å²) in [5.41, 5.74) is 2.50. The number of rotatable bonds is 6. The zero-order valence-electron chi connectivity index (χ0n) is 9.75. The van der Waals surface area contributed by atoms with Gasteiger partial charge in [-0.3, -0.25) is 0 Å². The molecule has 0 saturated heterocycles. The maximum absolute atomic E-state index is 5.34. The standard InChI is InChI=1S/C9H13N7OS/c1-18-9-14-6(4-7(15-9)16-10)11-3-2-8-12-5-13-17-8/h4-5H,2-3,10H2,1H3,(H2,11,14,15,16). The monoisotopic (exact) mass is 267 g/mol. The zero-order chi connectivity index (χ0) is 12.8. The molecule has 0 fully saturated rings. The number of aromatic nitrogens is 4. The molecule has 0 saturated carbocycles. The molecule has 8 nitrogen and oxygen atoms in total. The van der Waals surface area contributed by atoms with Crippen molar-refractivity contribution < 1.29 is 4.52 Å². The second kappa shape index (κ2) is 6.17. The van der Waals surface area contributed by atoms with Crippen LogP contribution in [0.1, 0.15) is 5.89 Å². The summed E-state index contributed by atoms with van der Waals surface area (Å²) in [5, 5.41) is 7.32. The summed E-state index contributed by atoms with van der Waals surface area (Å²) in [4.78, 5) is 12.4. The molecule has 0 spiro atoms. The summed E-state index contributed by atoms with van der Waals surface area (Å²) < 4.78 is 4.89. The van der Waals surface area contributed by atoms with E-state index in [0.717, 1.165) is 0 Å². The number of nitrogens with two attached hydrogens (primary N) is 1. The Morgan fingerprint density at radius 1 is 1.39 bits per heavy atom. The largest absolute Gasteiger partial charge is 0.369 e. The van der Waals surface area contributed by atoms with Crippen molar-refractivity contribution >= 4 is 23.4 Å². The number of hydrazine groups is 1. The fourth-order valence-corrected chi connectivity index (χ4v) is 1.66. The van der Waals surface area contributed by atoms with Crippen molar-refractivity contribution in [2.45, 2.75) is 11.6 Å². The number of nitrogen functional groups attached to an aromatic ring is 1. The van der Waals surface area contributed by atoms with Crippen LogP contribution in [0.15, 0.2) is 22.1 Å². The Kier molecular flexibility index (Phi) is 4.31. The van der Waals surface area contributed by atoms with E-state index in [1.54, 1.807) is 6.07 Å². The molecule has 0 unspecified atom stereocenters. The van der Waals surface area contributed by atoms with E-state index in [0.29, 0.717) is 35.6 Å². The van der Waals surface area contributed by atoms with Gasteiger partial charge in [0.15, 0.2) is 11.5 Å². The topological polar surface area (TPSA) is 115 Å². The molecule has 4 N–H and O–H groups in total. The van der Waals surface area contributed by atoms with Crippen LogP contribution in [0.2, 0.25) is 0 Å². The van der Waals surface area contributed by atoms with E-state index in [9.17, 15) is 0 Å². The van der Waals surface area contributed by atoms with E-state index >= 15 is 0 Å². The van der Waals surface area contributed by atoms with Gasteiger partial charge >= 0.3 is 0 Å². The third-order valence-corrected chi connectivity index (χ3v) is 2.64. The predicted octanol–water partition coefficient (Wildman–Crippen LogP) is 0.522. The van der Waals surface area contributed by atoms with E-state index in [2.05, 4.69) is 30.9 Å². The number of thioether (sulfide) groups is 1. The molecule has 0 atom stereocenters. The zero-order valence-corrected chi connectivity index (χ0v) is 10.6. The van der Waals surface area contributed by atoms with E-state index in [-0.39, 0.29) is 0 Å². The van der Waals surface area contributed by atoms with Crippen molar-refractivity contribution in [3.8, 4) is 0 Å². The minimum Gasteiger partial charge on any atom is -0.369 e. The first-order chi connectivity index (χ1) is 8.81. The number of hydrogen-bond donors (Lipinski definition) is 3. The van der Waals surface area contributed by atoms with Crippen molar-refractivity contribution in [3.05, 3.63) is 18.3 Å². The predicted molar refractivity (Wildman–Crippen MR) is 68.1 cm³/mol. The summed E-state index contributed by atoms with van der Waals surface area (Å²) in [7, 11) is 0. The van der Waals surface area contributed by atoms with E-state index in [1.807, 2.05) is 6.26 Å². The van der Waals surface area contributed by atoms with Crippen molar-refractivity contribution in [3.63, 3.8) is 0 Å². The van der Waals surface area contributed by atoms with Gasteiger partial charge in [0.1, 0.15) is 11.6 Å². The summed E-state index contributed by atoms with van der Waals surface area (Å²) in [6.45, 7) is 0.636. The van der Waals surface area contributed by atoms with Crippen LogP contribution < -0.4 is 16.6 Å². The molecule has 18 heavy (non-hydrogen) atoms.